The van der Waals surface area contributed by atoms with Crippen molar-refractivity contribution in [2.45, 2.75) is 19.3 Å². The first-order valence-electron chi connectivity index (χ1n) is 9.57. The largest absolute Gasteiger partial charge is 0.454 e. The molecule has 7 heteroatoms. The molecule has 0 aromatic heterocycles. The Morgan fingerprint density at radius 1 is 1.07 bits per heavy atom. The highest BCUT2D eigenvalue weighted by molar-refractivity contribution is 6.46. The number of hydrogen-bond donors (Lipinski definition) is 1. The number of benzene rings is 2. The average molecular weight is 389 g/mol. The van der Waals surface area contributed by atoms with Gasteiger partial charge in [0.25, 0.3) is 0 Å². The predicted octanol–water partition coefficient (Wildman–Crippen LogP) is 2.65. The van der Waals surface area contributed by atoms with E-state index in [1.807, 2.05) is 30.3 Å². The number of para-hydroxylation sites is 1. The summed E-state index contributed by atoms with van der Waals surface area (Å²) in [5.74, 6) is 1.10. The number of fused-ring (bicyclic) bond motifs is 2. The van der Waals surface area contributed by atoms with Gasteiger partial charge in [-0.25, -0.2) is 5.01 Å². The first-order chi connectivity index (χ1) is 14.2. The molecule has 0 unspecified atom stereocenters. The highest BCUT2D eigenvalue weighted by Gasteiger charge is 2.26. The standard InChI is InChI=1S/C22H19N3O4/c26-19(17-6-7-22(27)25(24-17)15-4-2-1-3-5-15)12-18-16-11-21-20(28-13-29-21)10-14(16)8-9-23-18/h1-5,10-12,23H,6-9,13H2/b18-12-. The van der Waals surface area contributed by atoms with E-state index in [-0.39, 0.29) is 24.9 Å². The summed E-state index contributed by atoms with van der Waals surface area (Å²) in [6, 6.07) is 13.0. The molecule has 3 heterocycles. The second-order valence-electron chi connectivity index (χ2n) is 7.05. The Morgan fingerprint density at radius 2 is 1.86 bits per heavy atom. The number of anilines is 1. The topological polar surface area (TPSA) is 80.2 Å². The van der Waals surface area contributed by atoms with Crippen molar-refractivity contribution in [1.82, 2.24) is 5.32 Å². The van der Waals surface area contributed by atoms with Gasteiger partial charge in [0, 0.05) is 36.7 Å². The number of nitrogens with zero attached hydrogens (tertiary/aromatic N) is 2. The van der Waals surface area contributed by atoms with Crippen LogP contribution in [0.1, 0.15) is 24.0 Å². The summed E-state index contributed by atoms with van der Waals surface area (Å²) >= 11 is 0. The Balaban J connectivity index is 1.46. The van der Waals surface area contributed by atoms with Crippen molar-refractivity contribution in [2.24, 2.45) is 5.10 Å². The quantitative estimate of drug-likeness (QED) is 0.817. The van der Waals surface area contributed by atoms with Crippen LogP contribution in [0.3, 0.4) is 0 Å². The molecule has 146 valence electrons. The van der Waals surface area contributed by atoms with Gasteiger partial charge in [0.15, 0.2) is 11.5 Å². The smallest absolute Gasteiger partial charge is 0.247 e. The van der Waals surface area contributed by atoms with Gasteiger partial charge in [-0.2, -0.15) is 5.10 Å². The summed E-state index contributed by atoms with van der Waals surface area (Å²) in [4.78, 5) is 25.2. The van der Waals surface area contributed by atoms with Crippen LogP contribution in [0, 0.1) is 0 Å². The van der Waals surface area contributed by atoms with Crippen LogP contribution in [-0.4, -0.2) is 30.7 Å². The lowest BCUT2D eigenvalue weighted by Crippen LogP contribution is -2.34. The molecular formula is C22H19N3O4. The molecule has 1 N–H and O–H groups in total. The van der Waals surface area contributed by atoms with Crippen LogP contribution in [0.15, 0.2) is 53.6 Å². The van der Waals surface area contributed by atoms with E-state index in [1.165, 1.54) is 5.01 Å². The van der Waals surface area contributed by atoms with Gasteiger partial charge in [0.2, 0.25) is 18.5 Å². The number of hydrazone groups is 1. The Morgan fingerprint density at radius 3 is 2.69 bits per heavy atom. The van der Waals surface area contributed by atoms with Crippen LogP contribution in [-0.2, 0) is 16.0 Å². The molecule has 0 spiro atoms. The molecule has 0 bridgehead atoms. The molecule has 0 radical (unpaired) electrons. The first kappa shape index (κ1) is 17.5. The lowest BCUT2D eigenvalue weighted by Gasteiger charge is -2.24. The molecule has 2 aromatic carbocycles. The average Bonchev–Trinajstić information content (AvgIpc) is 3.21. The molecule has 3 aliphatic rings. The van der Waals surface area contributed by atoms with E-state index in [2.05, 4.69) is 10.4 Å². The van der Waals surface area contributed by atoms with E-state index in [9.17, 15) is 9.59 Å². The minimum Gasteiger partial charge on any atom is -0.454 e. The van der Waals surface area contributed by atoms with Gasteiger partial charge in [0.05, 0.1) is 5.69 Å². The van der Waals surface area contributed by atoms with E-state index >= 15 is 0 Å². The summed E-state index contributed by atoms with van der Waals surface area (Å²) in [6.07, 6.45) is 3.00. The van der Waals surface area contributed by atoms with Crippen LogP contribution in [0.2, 0.25) is 0 Å². The summed E-state index contributed by atoms with van der Waals surface area (Å²) in [6.45, 7) is 0.941. The van der Waals surface area contributed by atoms with Crippen molar-refractivity contribution in [1.29, 1.82) is 0 Å². The van der Waals surface area contributed by atoms with Crippen LogP contribution in [0.5, 0.6) is 11.5 Å². The number of ketones is 1. The van der Waals surface area contributed by atoms with Gasteiger partial charge in [-0.15, -0.1) is 0 Å². The highest BCUT2D eigenvalue weighted by atomic mass is 16.7. The van der Waals surface area contributed by atoms with Crippen LogP contribution < -0.4 is 19.8 Å². The summed E-state index contributed by atoms with van der Waals surface area (Å²) < 4.78 is 10.9. The number of amides is 1. The number of hydrogen-bond acceptors (Lipinski definition) is 6. The monoisotopic (exact) mass is 389 g/mol. The van der Waals surface area contributed by atoms with E-state index in [1.54, 1.807) is 18.2 Å². The number of allylic oxidation sites excluding steroid dienone is 1. The second-order valence-corrected chi connectivity index (χ2v) is 7.05. The molecule has 5 rings (SSSR count). The summed E-state index contributed by atoms with van der Waals surface area (Å²) in [5, 5.41) is 8.96. The number of carbonyl (C=O) groups excluding carboxylic acids is 2. The summed E-state index contributed by atoms with van der Waals surface area (Å²) in [5.41, 5.74) is 3.81. The van der Waals surface area contributed by atoms with E-state index in [4.69, 9.17) is 9.47 Å². The second kappa shape index (κ2) is 7.09. The molecule has 1 amide bonds. The zero-order valence-corrected chi connectivity index (χ0v) is 15.7. The normalized spacial score (nSPS) is 18.9. The fraction of sp³-hybridized carbons (Fsp3) is 0.227. The van der Waals surface area contributed by atoms with Gasteiger partial charge in [0.1, 0.15) is 5.71 Å². The van der Waals surface area contributed by atoms with Crippen LogP contribution in [0.4, 0.5) is 5.69 Å². The van der Waals surface area contributed by atoms with Gasteiger partial charge in [-0.1, -0.05) is 18.2 Å². The fourth-order valence-corrected chi connectivity index (χ4v) is 3.71. The molecule has 29 heavy (non-hydrogen) atoms. The SMILES string of the molecule is O=C(/C=C1\NCCc2cc3c(cc21)OCO3)C1=NN(c2ccccc2)C(=O)CC1. The molecule has 7 nitrogen and oxygen atoms in total. The molecule has 0 atom stereocenters. The highest BCUT2D eigenvalue weighted by Crippen LogP contribution is 2.38. The van der Waals surface area contributed by atoms with E-state index in [0.717, 1.165) is 35.5 Å². The Hall–Kier alpha value is -3.61. The molecule has 0 fully saturated rings. The third-order valence-electron chi connectivity index (χ3n) is 5.19. The summed E-state index contributed by atoms with van der Waals surface area (Å²) in [7, 11) is 0. The third kappa shape index (κ3) is 3.24. The van der Waals surface area contributed by atoms with Gasteiger partial charge in [-0.3, -0.25) is 9.59 Å². The maximum atomic E-state index is 13.0. The van der Waals surface area contributed by atoms with E-state index < -0.39 is 0 Å². The van der Waals surface area contributed by atoms with Crippen molar-refractivity contribution in [3.63, 3.8) is 0 Å². The van der Waals surface area contributed by atoms with E-state index in [0.29, 0.717) is 23.6 Å². The Kier molecular flexibility index (Phi) is 4.27. The number of rotatable bonds is 3. The zero-order valence-electron chi connectivity index (χ0n) is 15.7. The fourth-order valence-electron chi connectivity index (χ4n) is 3.71. The molecule has 0 aliphatic carbocycles. The minimum absolute atomic E-state index is 0.116. The van der Waals surface area contributed by atoms with Crippen molar-refractivity contribution in [3.8, 4) is 11.5 Å². The van der Waals surface area contributed by atoms with Crippen molar-refractivity contribution in [3.05, 3.63) is 59.7 Å². The van der Waals surface area contributed by atoms with Crippen LogP contribution in [0.25, 0.3) is 5.70 Å². The Labute approximate surface area is 167 Å². The predicted molar refractivity (Wildman–Crippen MR) is 108 cm³/mol. The molecule has 2 aromatic rings. The zero-order chi connectivity index (χ0) is 19.8. The number of carbonyl (C=O) groups is 2. The third-order valence-corrected chi connectivity index (χ3v) is 5.19. The molecule has 0 saturated heterocycles. The van der Waals surface area contributed by atoms with Crippen LogP contribution >= 0.6 is 0 Å². The van der Waals surface area contributed by atoms with Gasteiger partial charge >= 0.3 is 0 Å². The van der Waals surface area contributed by atoms with Crippen molar-refractivity contribution in [2.75, 3.05) is 18.3 Å². The minimum atomic E-state index is -0.202. The molecule has 3 aliphatic heterocycles. The van der Waals surface area contributed by atoms with Crippen molar-refractivity contribution < 1.29 is 19.1 Å². The van der Waals surface area contributed by atoms with Gasteiger partial charge in [-0.05, 0) is 36.2 Å². The maximum absolute atomic E-state index is 13.0. The number of nitrogens with one attached hydrogen (secondary N) is 1. The molecular weight excluding hydrogens is 370 g/mol. The number of ether oxygens (including phenoxy) is 2. The lowest BCUT2D eigenvalue weighted by atomic mass is 9.95. The lowest BCUT2D eigenvalue weighted by molar-refractivity contribution is -0.118. The molecule has 0 saturated carbocycles. The van der Waals surface area contributed by atoms with Gasteiger partial charge < -0.3 is 14.8 Å². The van der Waals surface area contributed by atoms with Crippen molar-refractivity contribution >= 4 is 28.8 Å². The Bertz CT molecular complexity index is 1060. The first-order valence-corrected chi connectivity index (χ1v) is 9.57. The maximum Gasteiger partial charge on any atom is 0.247 e.